The molecule has 0 aliphatic carbocycles. The van der Waals surface area contributed by atoms with E-state index in [4.69, 9.17) is 11.6 Å². The first kappa shape index (κ1) is 22.7. The van der Waals surface area contributed by atoms with Crippen molar-refractivity contribution in [2.45, 2.75) is 13.0 Å². The zero-order valence-electron chi connectivity index (χ0n) is 17.9. The van der Waals surface area contributed by atoms with Gasteiger partial charge in [0.15, 0.2) is 0 Å². The van der Waals surface area contributed by atoms with Crippen molar-refractivity contribution < 1.29 is 14.0 Å². The molecule has 4 rings (SSSR count). The summed E-state index contributed by atoms with van der Waals surface area (Å²) in [4.78, 5) is 31.7. The van der Waals surface area contributed by atoms with E-state index in [0.717, 1.165) is 25.5 Å². The molecule has 2 heterocycles. The molecular formula is C24H23ClFN5O2. The fourth-order valence-corrected chi connectivity index (χ4v) is 3.71. The summed E-state index contributed by atoms with van der Waals surface area (Å²) < 4.78 is 13.1. The number of pyridine rings is 1. The lowest BCUT2D eigenvalue weighted by atomic mass is 10.2. The van der Waals surface area contributed by atoms with Crippen LogP contribution in [0.3, 0.4) is 0 Å². The molecule has 9 heteroatoms. The monoisotopic (exact) mass is 467 g/mol. The van der Waals surface area contributed by atoms with Crippen LogP contribution in [0.4, 0.5) is 21.6 Å². The van der Waals surface area contributed by atoms with Crippen molar-refractivity contribution in [1.82, 2.24) is 10.3 Å². The predicted molar refractivity (Wildman–Crippen MR) is 128 cm³/mol. The van der Waals surface area contributed by atoms with Crippen molar-refractivity contribution in [1.29, 1.82) is 0 Å². The Labute approximate surface area is 196 Å². The second kappa shape index (κ2) is 9.97. The van der Waals surface area contributed by atoms with Gasteiger partial charge in [0.2, 0.25) is 0 Å². The van der Waals surface area contributed by atoms with Gasteiger partial charge in [-0.05, 0) is 61.5 Å². The maximum atomic E-state index is 13.1. The van der Waals surface area contributed by atoms with Crippen LogP contribution in [0.1, 0.15) is 27.6 Å². The highest BCUT2D eigenvalue weighted by atomic mass is 35.5. The minimum Gasteiger partial charge on any atom is -0.354 e. The molecule has 1 fully saturated rings. The third-order valence-electron chi connectivity index (χ3n) is 5.28. The van der Waals surface area contributed by atoms with Crippen LogP contribution >= 0.6 is 11.6 Å². The van der Waals surface area contributed by atoms with Crippen LogP contribution in [-0.2, 0) is 0 Å². The molecule has 1 aliphatic rings. The second-order valence-corrected chi connectivity index (χ2v) is 8.22. The zero-order chi connectivity index (χ0) is 23.4. The van der Waals surface area contributed by atoms with Crippen LogP contribution in [-0.4, -0.2) is 42.5 Å². The van der Waals surface area contributed by atoms with Gasteiger partial charge in [0, 0.05) is 43.1 Å². The molecule has 1 unspecified atom stereocenters. The average Bonchev–Trinajstić information content (AvgIpc) is 2.81. The normalized spacial score (nSPS) is 15.7. The van der Waals surface area contributed by atoms with E-state index in [-0.39, 0.29) is 11.5 Å². The zero-order valence-corrected chi connectivity index (χ0v) is 18.7. The predicted octanol–water partition coefficient (Wildman–Crippen LogP) is 4.18. The lowest BCUT2D eigenvalue weighted by molar-refractivity contribution is 0.101. The van der Waals surface area contributed by atoms with Gasteiger partial charge in [-0.3, -0.25) is 9.59 Å². The molecule has 1 saturated heterocycles. The molecule has 0 radical (unpaired) electrons. The summed E-state index contributed by atoms with van der Waals surface area (Å²) in [5.74, 6) is -0.375. The lowest BCUT2D eigenvalue weighted by Gasteiger charge is -2.32. The van der Waals surface area contributed by atoms with Crippen molar-refractivity contribution in [3.8, 4) is 0 Å². The van der Waals surface area contributed by atoms with E-state index in [1.54, 1.807) is 30.5 Å². The summed E-state index contributed by atoms with van der Waals surface area (Å²) in [6.45, 7) is 4.73. The number of piperazine rings is 1. The molecule has 3 N–H and O–H groups in total. The highest BCUT2D eigenvalue weighted by Crippen LogP contribution is 2.26. The van der Waals surface area contributed by atoms with Crippen molar-refractivity contribution >= 4 is 40.6 Å². The van der Waals surface area contributed by atoms with E-state index in [9.17, 15) is 14.0 Å². The number of aromatic nitrogens is 1. The molecule has 1 atom stereocenters. The number of anilines is 3. The summed E-state index contributed by atoms with van der Waals surface area (Å²) >= 11 is 6.20. The number of carbonyl (C=O) groups excluding carboxylic acids is 2. The molecule has 0 bridgehead atoms. The van der Waals surface area contributed by atoms with Gasteiger partial charge in [-0.25, -0.2) is 9.37 Å². The van der Waals surface area contributed by atoms with Crippen molar-refractivity contribution in [2.75, 3.05) is 35.2 Å². The quantitative estimate of drug-likeness (QED) is 0.524. The average molecular weight is 468 g/mol. The lowest BCUT2D eigenvalue weighted by Crippen LogP contribution is -2.49. The Morgan fingerprint density at radius 3 is 2.48 bits per heavy atom. The first-order valence-electron chi connectivity index (χ1n) is 10.5. The van der Waals surface area contributed by atoms with Gasteiger partial charge in [0.05, 0.1) is 16.3 Å². The number of nitrogens with zero attached hydrogens (tertiary/aromatic N) is 2. The molecule has 2 aromatic carbocycles. The Bertz CT molecular complexity index is 1150. The number of nitrogens with one attached hydrogen (secondary N) is 3. The number of carbonyl (C=O) groups is 2. The van der Waals surface area contributed by atoms with Crippen molar-refractivity contribution in [2.24, 2.45) is 0 Å². The number of benzene rings is 2. The van der Waals surface area contributed by atoms with Gasteiger partial charge in [-0.15, -0.1) is 0 Å². The van der Waals surface area contributed by atoms with Gasteiger partial charge in [-0.2, -0.15) is 0 Å². The van der Waals surface area contributed by atoms with Gasteiger partial charge < -0.3 is 20.9 Å². The van der Waals surface area contributed by atoms with E-state index in [1.807, 2.05) is 6.07 Å². The molecule has 0 spiro atoms. The van der Waals surface area contributed by atoms with Crippen molar-refractivity contribution in [3.63, 3.8) is 0 Å². The molecule has 1 aromatic heterocycles. The largest absolute Gasteiger partial charge is 0.354 e. The van der Waals surface area contributed by atoms with Crippen LogP contribution in [0.15, 0.2) is 60.8 Å². The standard InChI is InChI=1S/C24H23ClFN5O2/c1-15-14-31(11-10-27-15)22-9-4-17(13-28-22)24(33)29-19-7-8-20(25)21(12-19)30-23(32)16-2-5-18(26)6-3-16/h2-9,12-13,15,27H,10-11,14H2,1H3,(H,29,33)(H,30,32). The summed E-state index contributed by atoms with van der Waals surface area (Å²) in [6.07, 6.45) is 1.55. The highest BCUT2D eigenvalue weighted by molar-refractivity contribution is 6.34. The molecular weight excluding hydrogens is 445 g/mol. The minimum atomic E-state index is -0.442. The third kappa shape index (κ3) is 5.66. The topological polar surface area (TPSA) is 86.4 Å². The summed E-state index contributed by atoms with van der Waals surface area (Å²) in [7, 11) is 0. The van der Waals surface area contributed by atoms with Gasteiger partial charge in [-0.1, -0.05) is 11.6 Å². The molecule has 2 amide bonds. The van der Waals surface area contributed by atoms with Crippen LogP contribution in [0.2, 0.25) is 5.02 Å². The Balaban J connectivity index is 1.42. The van der Waals surface area contributed by atoms with E-state index < -0.39 is 11.7 Å². The highest BCUT2D eigenvalue weighted by Gasteiger charge is 2.17. The van der Waals surface area contributed by atoms with Crippen LogP contribution in [0, 0.1) is 5.82 Å². The number of hydrogen-bond acceptors (Lipinski definition) is 5. The number of rotatable bonds is 5. The fourth-order valence-electron chi connectivity index (χ4n) is 3.55. The Morgan fingerprint density at radius 1 is 1.06 bits per heavy atom. The van der Waals surface area contributed by atoms with E-state index in [0.29, 0.717) is 28.0 Å². The Hall–Kier alpha value is -3.49. The number of halogens is 2. The molecule has 33 heavy (non-hydrogen) atoms. The Morgan fingerprint density at radius 2 is 1.79 bits per heavy atom. The molecule has 3 aromatic rings. The van der Waals surface area contributed by atoms with E-state index >= 15 is 0 Å². The molecule has 1 aliphatic heterocycles. The second-order valence-electron chi connectivity index (χ2n) is 7.82. The SMILES string of the molecule is CC1CN(c2ccc(C(=O)Nc3ccc(Cl)c(NC(=O)c4ccc(F)cc4)c3)cn2)CCN1. The third-order valence-corrected chi connectivity index (χ3v) is 5.61. The van der Waals surface area contributed by atoms with Crippen LogP contribution in [0.5, 0.6) is 0 Å². The van der Waals surface area contributed by atoms with Crippen molar-refractivity contribution in [3.05, 3.63) is 82.8 Å². The maximum Gasteiger partial charge on any atom is 0.257 e. The number of hydrogen-bond donors (Lipinski definition) is 3. The van der Waals surface area contributed by atoms with E-state index in [1.165, 1.54) is 24.3 Å². The summed E-state index contributed by atoms with van der Waals surface area (Å²) in [6, 6.07) is 13.9. The molecule has 170 valence electrons. The van der Waals surface area contributed by atoms with E-state index in [2.05, 4.69) is 32.8 Å². The summed E-state index contributed by atoms with van der Waals surface area (Å²) in [5.41, 5.74) is 1.48. The Kier molecular flexibility index (Phi) is 6.86. The fraction of sp³-hybridized carbons (Fsp3) is 0.208. The molecule has 0 saturated carbocycles. The van der Waals surface area contributed by atoms with Crippen LogP contribution in [0.25, 0.3) is 0 Å². The first-order chi connectivity index (χ1) is 15.9. The number of amides is 2. The smallest absolute Gasteiger partial charge is 0.257 e. The minimum absolute atomic E-state index is 0.284. The molecule has 7 nitrogen and oxygen atoms in total. The first-order valence-corrected chi connectivity index (χ1v) is 10.9. The summed E-state index contributed by atoms with van der Waals surface area (Å²) in [5, 5.41) is 9.16. The maximum absolute atomic E-state index is 13.1. The van der Waals surface area contributed by atoms with Gasteiger partial charge >= 0.3 is 0 Å². The van der Waals surface area contributed by atoms with Gasteiger partial charge in [0.25, 0.3) is 11.8 Å². The van der Waals surface area contributed by atoms with Crippen LogP contribution < -0.4 is 20.9 Å². The van der Waals surface area contributed by atoms with Gasteiger partial charge in [0.1, 0.15) is 11.6 Å².